The Bertz CT molecular complexity index is 355. The van der Waals surface area contributed by atoms with E-state index in [9.17, 15) is 0 Å². The molecule has 2 unspecified atom stereocenters. The summed E-state index contributed by atoms with van der Waals surface area (Å²) < 4.78 is 1.28. The van der Waals surface area contributed by atoms with Gasteiger partial charge in [0.15, 0.2) is 0 Å². The predicted molar refractivity (Wildman–Crippen MR) is 68.3 cm³/mol. The zero-order valence-corrected chi connectivity index (χ0v) is 11.0. The highest BCUT2D eigenvalue weighted by Crippen LogP contribution is 2.62. The topological polar surface area (TPSA) is 26.0 Å². The molecule has 0 aliphatic heterocycles. The van der Waals surface area contributed by atoms with Crippen LogP contribution >= 0.6 is 22.6 Å². The maximum Gasteiger partial charge on any atom is 0.0200 e. The molecular formula is C12H16IN. The summed E-state index contributed by atoms with van der Waals surface area (Å²) in [6.07, 6.45) is 0. The predicted octanol–water partition coefficient (Wildman–Crippen LogP) is 2.92. The van der Waals surface area contributed by atoms with E-state index in [1.54, 1.807) is 0 Å². The van der Waals surface area contributed by atoms with Crippen LogP contribution in [0.5, 0.6) is 0 Å². The third-order valence-electron chi connectivity index (χ3n) is 4.10. The molecule has 1 aliphatic carbocycles. The molecule has 0 spiro atoms. The van der Waals surface area contributed by atoms with E-state index >= 15 is 0 Å². The molecule has 0 heterocycles. The highest BCUT2D eigenvalue weighted by Gasteiger charge is 2.66. The summed E-state index contributed by atoms with van der Waals surface area (Å²) in [5.41, 5.74) is 7.92. The van der Waals surface area contributed by atoms with Crippen molar-refractivity contribution in [2.45, 2.75) is 32.2 Å². The van der Waals surface area contributed by atoms with Crippen molar-refractivity contribution < 1.29 is 0 Å². The van der Waals surface area contributed by atoms with Crippen molar-refractivity contribution in [2.75, 3.05) is 0 Å². The highest BCUT2D eigenvalue weighted by molar-refractivity contribution is 14.1. The zero-order valence-electron chi connectivity index (χ0n) is 8.84. The van der Waals surface area contributed by atoms with Crippen molar-refractivity contribution in [2.24, 2.45) is 11.1 Å². The van der Waals surface area contributed by atoms with Crippen molar-refractivity contribution in [1.29, 1.82) is 0 Å². The third-order valence-corrected chi connectivity index (χ3v) is 4.82. The van der Waals surface area contributed by atoms with E-state index in [1.807, 2.05) is 0 Å². The fraction of sp³-hybridized carbons (Fsp3) is 0.500. The first-order valence-electron chi connectivity index (χ1n) is 4.92. The number of benzene rings is 1. The second kappa shape index (κ2) is 2.95. The molecule has 0 amide bonds. The van der Waals surface area contributed by atoms with Gasteiger partial charge in [-0.15, -0.1) is 0 Å². The summed E-state index contributed by atoms with van der Waals surface area (Å²) in [7, 11) is 0. The first kappa shape index (κ1) is 10.4. The lowest BCUT2D eigenvalue weighted by atomic mass is 9.90. The van der Waals surface area contributed by atoms with E-state index in [2.05, 4.69) is 67.6 Å². The second-order valence-electron chi connectivity index (χ2n) is 4.91. The van der Waals surface area contributed by atoms with Gasteiger partial charge in [-0.1, -0.05) is 32.9 Å². The molecule has 1 fully saturated rings. The van der Waals surface area contributed by atoms with Crippen molar-refractivity contribution >= 4 is 22.6 Å². The second-order valence-corrected chi connectivity index (χ2v) is 6.15. The van der Waals surface area contributed by atoms with E-state index in [1.165, 1.54) is 9.13 Å². The maximum atomic E-state index is 6.15. The maximum absolute atomic E-state index is 6.15. The molecule has 1 saturated carbocycles. The van der Waals surface area contributed by atoms with Gasteiger partial charge in [0.05, 0.1) is 0 Å². The van der Waals surface area contributed by atoms with Gasteiger partial charge in [-0.3, -0.25) is 0 Å². The van der Waals surface area contributed by atoms with Crippen LogP contribution in [-0.4, -0.2) is 6.04 Å². The number of hydrogen-bond acceptors (Lipinski definition) is 1. The Labute approximate surface area is 99.2 Å². The minimum absolute atomic E-state index is 0.164. The summed E-state index contributed by atoms with van der Waals surface area (Å²) in [6.45, 7) is 6.76. The van der Waals surface area contributed by atoms with E-state index in [0.29, 0.717) is 0 Å². The number of hydrogen-bond donors (Lipinski definition) is 1. The van der Waals surface area contributed by atoms with Crippen molar-refractivity contribution in [3.05, 3.63) is 33.4 Å². The quantitative estimate of drug-likeness (QED) is 0.793. The monoisotopic (exact) mass is 301 g/mol. The summed E-state index contributed by atoms with van der Waals surface area (Å²) in [5, 5.41) is 0. The zero-order chi connectivity index (χ0) is 10.6. The molecule has 1 aromatic rings. The Morgan fingerprint density at radius 3 is 1.93 bits per heavy atom. The normalized spacial score (nSPS) is 34.2. The molecule has 0 radical (unpaired) electrons. The lowest BCUT2D eigenvalue weighted by Crippen LogP contribution is -2.14. The Kier molecular flexibility index (Phi) is 2.20. The minimum Gasteiger partial charge on any atom is -0.326 e. The van der Waals surface area contributed by atoms with Gasteiger partial charge in [-0.05, 0) is 45.7 Å². The average Bonchev–Trinajstić information content (AvgIpc) is 2.52. The van der Waals surface area contributed by atoms with Crippen LogP contribution in [0.15, 0.2) is 24.3 Å². The molecular weight excluding hydrogens is 285 g/mol. The van der Waals surface area contributed by atoms with Crippen LogP contribution in [-0.2, 0) is 5.41 Å². The Morgan fingerprint density at radius 1 is 1.14 bits per heavy atom. The van der Waals surface area contributed by atoms with Gasteiger partial charge in [0.2, 0.25) is 0 Å². The lowest BCUT2D eigenvalue weighted by molar-refractivity contribution is 0.526. The van der Waals surface area contributed by atoms with Gasteiger partial charge in [0.1, 0.15) is 0 Å². The minimum atomic E-state index is 0.164. The summed E-state index contributed by atoms with van der Waals surface area (Å²) in [4.78, 5) is 0. The summed E-state index contributed by atoms with van der Waals surface area (Å²) >= 11 is 2.33. The van der Waals surface area contributed by atoms with Crippen LogP contribution in [0, 0.1) is 8.99 Å². The largest absolute Gasteiger partial charge is 0.326 e. The molecule has 2 rings (SSSR count). The van der Waals surface area contributed by atoms with Crippen LogP contribution in [0.2, 0.25) is 0 Å². The van der Waals surface area contributed by atoms with E-state index in [4.69, 9.17) is 5.73 Å². The van der Waals surface area contributed by atoms with Crippen molar-refractivity contribution in [3.8, 4) is 0 Å². The van der Waals surface area contributed by atoms with Crippen LogP contribution in [0.3, 0.4) is 0 Å². The number of nitrogens with two attached hydrogens (primary N) is 1. The fourth-order valence-corrected chi connectivity index (χ4v) is 2.73. The lowest BCUT2D eigenvalue weighted by Gasteiger charge is -2.14. The Balaban J connectivity index is 2.38. The molecule has 2 atom stereocenters. The average molecular weight is 301 g/mol. The molecule has 0 aromatic heterocycles. The molecule has 2 N–H and O–H groups in total. The highest BCUT2D eigenvalue weighted by atomic mass is 127. The van der Waals surface area contributed by atoms with Crippen LogP contribution in [0.4, 0.5) is 0 Å². The Morgan fingerprint density at radius 2 is 1.57 bits per heavy atom. The van der Waals surface area contributed by atoms with Gasteiger partial charge in [0.25, 0.3) is 0 Å². The first-order valence-corrected chi connectivity index (χ1v) is 6.00. The molecule has 0 bridgehead atoms. The molecule has 2 heteroatoms. The molecule has 1 aromatic carbocycles. The van der Waals surface area contributed by atoms with Gasteiger partial charge >= 0.3 is 0 Å². The smallest absolute Gasteiger partial charge is 0.0200 e. The molecule has 1 aliphatic rings. The first-order chi connectivity index (χ1) is 6.40. The summed E-state index contributed by atoms with van der Waals surface area (Å²) in [5.74, 6) is 0. The number of halogens is 1. The molecule has 1 nitrogen and oxygen atoms in total. The van der Waals surface area contributed by atoms with Crippen LogP contribution in [0.25, 0.3) is 0 Å². The van der Waals surface area contributed by atoms with Crippen LogP contribution < -0.4 is 5.73 Å². The fourth-order valence-electron chi connectivity index (χ4n) is 2.37. The van der Waals surface area contributed by atoms with E-state index in [0.717, 1.165) is 0 Å². The molecule has 76 valence electrons. The van der Waals surface area contributed by atoms with Gasteiger partial charge in [-0.25, -0.2) is 0 Å². The Hall–Kier alpha value is -0.0900. The third kappa shape index (κ3) is 1.16. The molecule has 14 heavy (non-hydrogen) atoms. The molecule has 0 saturated heterocycles. The van der Waals surface area contributed by atoms with Crippen LogP contribution in [0.1, 0.15) is 26.3 Å². The van der Waals surface area contributed by atoms with E-state index in [-0.39, 0.29) is 16.9 Å². The summed E-state index contributed by atoms with van der Waals surface area (Å²) in [6, 6.07) is 9.01. The van der Waals surface area contributed by atoms with Gasteiger partial charge < -0.3 is 5.73 Å². The van der Waals surface area contributed by atoms with E-state index < -0.39 is 0 Å². The van der Waals surface area contributed by atoms with Gasteiger partial charge in [0, 0.05) is 15.0 Å². The number of rotatable bonds is 1. The standard InChI is InChI=1S/C12H16IN/c1-11(2)10(14)12(11,3)8-4-6-9(13)7-5-8/h4-7,10H,14H2,1-3H3. The van der Waals surface area contributed by atoms with Crippen molar-refractivity contribution in [1.82, 2.24) is 0 Å². The van der Waals surface area contributed by atoms with Gasteiger partial charge in [-0.2, -0.15) is 0 Å². The SMILES string of the molecule is CC1(C)C(N)C1(C)c1ccc(I)cc1. The van der Waals surface area contributed by atoms with Crippen molar-refractivity contribution in [3.63, 3.8) is 0 Å².